The van der Waals surface area contributed by atoms with Crippen LogP contribution < -0.4 is 5.32 Å². The van der Waals surface area contributed by atoms with E-state index in [0.717, 1.165) is 43.2 Å². The molecule has 0 saturated heterocycles. The molecule has 0 aliphatic carbocycles. The zero-order valence-corrected chi connectivity index (χ0v) is 11.9. The number of unbranched alkanes of at least 4 members (excludes halogenated alkanes) is 1. The lowest BCUT2D eigenvalue weighted by Gasteiger charge is -2.22. The van der Waals surface area contributed by atoms with Gasteiger partial charge in [-0.2, -0.15) is 5.26 Å². The van der Waals surface area contributed by atoms with Crippen molar-refractivity contribution in [3.05, 3.63) is 12.5 Å². The third-order valence-corrected chi connectivity index (χ3v) is 3.66. The molecule has 1 atom stereocenters. The molecule has 0 aliphatic heterocycles. The van der Waals surface area contributed by atoms with Crippen LogP contribution in [0.2, 0.25) is 0 Å². The molecule has 1 unspecified atom stereocenters. The molecule has 1 aromatic rings. The molecule has 0 radical (unpaired) electrons. The lowest BCUT2D eigenvalue weighted by Crippen LogP contribution is -2.41. The van der Waals surface area contributed by atoms with E-state index >= 15 is 0 Å². The number of thioether (sulfide) groups is 1. The van der Waals surface area contributed by atoms with Gasteiger partial charge in [0.2, 0.25) is 0 Å². The molecule has 1 rings (SSSR count). The number of nitriles is 1. The minimum atomic E-state index is -0.385. The molecule has 0 spiro atoms. The Bertz CT molecular complexity index is 361. The molecule has 0 aliphatic rings. The maximum Gasteiger partial charge on any atom is 0.255 e. The first-order chi connectivity index (χ1) is 8.70. The van der Waals surface area contributed by atoms with Gasteiger partial charge >= 0.3 is 0 Å². The van der Waals surface area contributed by atoms with E-state index in [0.29, 0.717) is 0 Å². The maximum absolute atomic E-state index is 9.18. The second-order valence-corrected chi connectivity index (χ2v) is 5.52. The number of hydrogen-bond donors (Lipinski definition) is 1. The third-order valence-electron chi connectivity index (χ3n) is 2.72. The minimum Gasteiger partial charge on any atom is -0.440 e. The summed E-state index contributed by atoms with van der Waals surface area (Å²) in [5, 5.41) is 13.2. The van der Waals surface area contributed by atoms with Gasteiger partial charge in [-0.25, -0.2) is 4.98 Å². The van der Waals surface area contributed by atoms with Crippen molar-refractivity contribution in [2.24, 2.45) is 0 Å². The van der Waals surface area contributed by atoms with Gasteiger partial charge in [-0.15, -0.1) is 0 Å². The van der Waals surface area contributed by atoms with E-state index in [1.807, 2.05) is 6.92 Å². The first-order valence-corrected chi connectivity index (χ1v) is 7.37. The van der Waals surface area contributed by atoms with E-state index in [9.17, 15) is 5.26 Å². The van der Waals surface area contributed by atoms with E-state index in [2.05, 4.69) is 23.3 Å². The second-order valence-electron chi connectivity index (χ2n) is 4.47. The van der Waals surface area contributed by atoms with Crippen molar-refractivity contribution in [3.8, 4) is 6.07 Å². The summed E-state index contributed by atoms with van der Waals surface area (Å²) in [5.74, 6) is 0.982. The summed E-state index contributed by atoms with van der Waals surface area (Å²) in [4.78, 5) is 4.05. The third kappa shape index (κ3) is 5.56. The van der Waals surface area contributed by atoms with Crippen LogP contribution in [0, 0.1) is 11.3 Å². The van der Waals surface area contributed by atoms with E-state index in [4.69, 9.17) is 4.42 Å². The molecule has 5 heteroatoms. The van der Waals surface area contributed by atoms with Crippen molar-refractivity contribution in [1.29, 1.82) is 5.26 Å². The van der Waals surface area contributed by atoms with Crippen molar-refractivity contribution in [1.82, 2.24) is 10.3 Å². The zero-order chi connectivity index (χ0) is 13.3. The van der Waals surface area contributed by atoms with Crippen LogP contribution in [0.25, 0.3) is 0 Å². The average molecular weight is 267 g/mol. The first kappa shape index (κ1) is 15.1. The number of nitrogens with one attached hydrogen (secondary N) is 1. The highest BCUT2D eigenvalue weighted by atomic mass is 32.2. The van der Waals surface area contributed by atoms with Crippen molar-refractivity contribution in [3.63, 3.8) is 0 Å². The van der Waals surface area contributed by atoms with Crippen LogP contribution in [0.3, 0.4) is 0 Å². The van der Waals surface area contributed by atoms with Crippen LogP contribution in [0.5, 0.6) is 0 Å². The topological polar surface area (TPSA) is 61.9 Å². The maximum atomic E-state index is 9.18. The van der Waals surface area contributed by atoms with Crippen LogP contribution in [0.4, 0.5) is 0 Å². The molecule has 18 heavy (non-hydrogen) atoms. The SMILES string of the molecule is CCCNC(C)(C#N)CCCCSc1ncco1. The van der Waals surface area contributed by atoms with E-state index in [1.54, 1.807) is 24.2 Å². The van der Waals surface area contributed by atoms with Gasteiger partial charge in [0, 0.05) is 5.75 Å². The Morgan fingerprint density at radius 3 is 3.00 bits per heavy atom. The van der Waals surface area contributed by atoms with Crippen LogP contribution in [0.15, 0.2) is 22.1 Å². The van der Waals surface area contributed by atoms with Gasteiger partial charge in [0.05, 0.1) is 12.3 Å². The summed E-state index contributed by atoms with van der Waals surface area (Å²) >= 11 is 1.62. The number of aromatic nitrogens is 1. The molecule has 0 amide bonds. The summed E-state index contributed by atoms with van der Waals surface area (Å²) in [6.07, 6.45) is 7.28. The summed E-state index contributed by atoms with van der Waals surface area (Å²) in [7, 11) is 0. The summed E-state index contributed by atoms with van der Waals surface area (Å²) in [6.45, 7) is 4.98. The molecule has 0 saturated carbocycles. The molecule has 0 aromatic carbocycles. The Balaban J connectivity index is 2.13. The number of nitrogens with zero attached hydrogens (tertiary/aromatic N) is 2. The van der Waals surface area contributed by atoms with Crippen LogP contribution in [-0.4, -0.2) is 22.8 Å². The number of oxazole rings is 1. The van der Waals surface area contributed by atoms with Crippen LogP contribution >= 0.6 is 11.8 Å². The predicted molar refractivity (Wildman–Crippen MR) is 73.4 cm³/mol. The van der Waals surface area contributed by atoms with Crippen molar-refractivity contribution >= 4 is 11.8 Å². The Hall–Kier alpha value is -0.990. The van der Waals surface area contributed by atoms with Crippen molar-refractivity contribution in [2.75, 3.05) is 12.3 Å². The van der Waals surface area contributed by atoms with Crippen molar-refractivity contribution < 1.29 is 4.42 Å². The van der Waals surface area contributed by atoms with Gasteiger partial charge in [0.15, 0.2) is 0 Å². The smallest absolute Gasteiger partial charge is 0.255 e. The quantitative estimate of drug-likeness (QED) is 0.550. The van der Waals surface area contributed by atoms with Gasteiger partial charge < -0.3 is 4.42 Å². The Kier molecular flexibility index (Phi) is 6.84. The molecule has 4 nitrogen and oxygen atoms in total. The van der Waals surface area contributed by atoms with Gasteiger partial charge in [-0.3, -0.25) is 5.32 Å². The highest BCUT2D eigenvalue weighted by molar-refractivity contribution is 7.99. The Labute approximate surface area is 113 Å². The summed E-state index contributed by atoms with van der Waals surface area (Å²) in [6, 6.07) is 2.37. The van der Waals surface area contributed by atoms with Crippen molar-refractivity contribution in [2.45, 2.75) is 50.3 Å². The van der Waals surface area contributed by atoms with E-state index in [1.165, 1.54) is 0 Å². The second kappa shape index (κ2) is 8.17. The molecule has 1 N–H and O–H groups in total. The lowest BCUT2D eigenvalue weighted by atomic mass is 9.96. The first-order valence-electron chi connectivity index (χ1n) is 6.39. The standard InChI is InChI=1S/C13H21N3OS/c1-3-7-16-13(2,11-14)6-4-5-10-18-12-15-8-9-17-12/h8-9,16H,3-7,10H2,1-2H3. The fourth-order valence-corrected chi connectivity index (χ4v) is 2.39. The monoisotopic (exact) mass is 267 g/mol. The average Bonchev–Trinajstić information content (AvgIpc) is 2.89. The van der Waals surface area contributed by atoms with Gasteiger partial charge in [-0.1, -0.05) is 18.7 Å². The summed E-state index contributed by atoms with van der Waals surface area (Å²) in [5.41, 5.74) is -0.385. The molecule has 0 bridgehead atoms. The molecule has 1 aromatic heterocycles. The summed E-state index contributed by atoms with van der Waals surface area (Å²) < 4.78 is 5.14. The Morgan fingerprint density at radius 2 is 2.39 bits per heavy atom. The normalized spacial score (nSPS) is 14.1. The van der Waals surface area contributed by atoms with Gasteiger partial charge in [-0.05, 0) is 39.2 Å². The molecule has 0 fully saturated rings. The highest BCUT2D eigenvalue weighted by Crippen LogP contribution is 2.19. The fraction of sp³-hybridized carbons (Fsp3) is 0.692. The van der Waals surface area contributed by atoms with Crippen LogP contribution in [0.1, 0.15) is 39.5 Å². The molecular weight excluding hydrogens is 246 g/mol. The molecular formula is C13H21N3OS. The van der Waals surface area contributed by atoms with Gasteiger partial charge in [0.1, 0.15) is 11.8 Å². The lowest BCUT2D eigenvalue weighted by molar-refractivity contribution is 0.406. The van der Waals surface area contributed by atoms with E-state index in [-0.39, 0.29) is 5.54 Å². The number of rotatable bonds is 9. The van der Waals surface area contributed by atoms with Crippen LogP contribution in [-0.2, 0) is 0 Å². The molecule has 1 heterocycles. The fourth-order valence-electron chi connectivity index (χ4n) is 1.61. The highest BCUT2D eigenvalue weighted by Gasteiger charge is 2.21. The Morgan fingerprint density at radius 1 is 1.56 bits per heavy atom. The predicted octanol–water partition coefficient (Wildman–Crippen LogP) is 3.22. The van der Waals surface area contributed by atoms with Gasteiger partial charge in [0.25, 0.3) is 5.22 Å². The minimum absolute atomic E-state index is 0.385. The van der Waals surface area contributed by atoms with E-state index < -0.39 is 0 Å². The largest absolute Gasteiger partial charge is 0.440 e. The zero-order valence-electron chi connectivity index (χ0n) is 11.1. The molecule has 100 valence electrons. The number of hydrogen-bond acceptors (Lipinski definition) is 5.